The van der Waals surface area contributed by atoms with E-state index in [1.54, 1.807) is 0 Å². The molecule has 21 heavy (non-hydrogen) atoms. The van der Waals surface area contributed by atoms with Crippen LogP contribution >= 0.6 is 23.7 Å². The number of rotatable bonds is 3. The largest absolute Gasteiger partial charge is 0.434 e. The van der Waals surface area contributed by atoms with Crippen molar-refractivity contribution in [3.05, 3.63) is 16.1 Å². The second-order valence-electron chi connectivity index (χ2n) is 4.92. The molecule has 0 aliphatic carbocycles. The quantitative estimate of drug-likeness (QED) is 0.887. The summed E-state index contributed by atoms with van der Waals surface area (Å²) in [6, 6.07) is 0.288. The summed E-state index contributed by atoms with van der Waals surface area (Å²) in [5, 5.41) is 7.15. The van der Waals surface area contributed by atoms with Gasteiger partial charge in [-0.2, -0.15) is 13.2 Å². The minimum absolute atomic E-state index is 0. The van der Waals surface area contributed by atoms with E-state index in [1.807, 2.05) is 6.92 Å². The Hall–Kier alpha value is -0.860. The number of carbonyl (C=O) groups excluding carboxylic acids is 1. The van der Waals surface area contributed by atoms with E-state index in [0.717, 1.165) is 36.1 Å². The normalized spacial score (nSPS) is 22.5. The molecule has 2 N–H and O–H groups in total. The summed E-state index contributed by atoms with van der Waals surface area (Å²) < 4.78 is 37.2. The van der Waals surface area contributed by atoms with Gasteiger partial charge >= 0.3 is 6.18 Å². The Morgan fingerprint density at radius 3 is 2.86 bits per heavy atom. The lowest BCUT2D eigenvalue weighted by atomic mass is 9.92. The smallest absolute Gasteiger partial charge is 0.349 e. The summed E-state index contributed by atoms with van der Waals surface area (Å²) in [6.45, 7) is 2.85. The van der Waals surface area contributed by atoms with Gasteiger partial charge in [0.05, 0.1) is 6.54 Å². The van der Waals surface area contributed by atoms with Crippen LogP contribution in [0.5, 0.6) is 0 Å². The molecule has 0 aromatic carbocycles. The van der Waals surface area contributed by atoms with E-state index in [-0.39, 0.29) is 41.8 Å². The van der Waals surface area contributed by atoms with Crippen LogP contribution in [0.1, 0.15) is 30.5 Å². The van der Waals surface area contributed by atoms with Crippen LogP contribution < -0.4 is 10.6 Å². The molecular formula is C12H17ClF3N3OS. The summed E-state index contributed by atoms with van der Waals surface area (Å²) in [5.74, 6) is -0.185. The van der Waals surface area contributed by atoms with Crippen molar-refractivity contribution in [2.24, 2.45) is 5.92 Å². The monoisotopic (exact) mass is 343 g/mol. The minimum Gasteiger partial charge on any atom is -0.349 e. The molecule has 0 bridgehead atoms. The Kier molecular flexibility index (Phi) is 6.42. The van der Waals surface area contributed by atoms with Gasteiger partial charge in [-0.05, 0) is 26.3 Å². The van der Waals surface area contributed by atoms with Crippen LogP contribution in [0.3, 0.4) is 0 Å². The molecule has 1 amide bonds. The van der Waals surface area contributed by atoms with Crippen molar-refractivity contribution < 1.29 is 18.0 Å². The fraction of sp³-hybridized carbons (Fsp3) is 0.667. The summed E-state index contributed by atoms with van der Waals surface area (Å²) in [6.07, 6.45) is -2.93. The summed E-state index contributed by atoms with van der Waals surface area (Å²) in [4.78, 5) is 15.4. The average Bonchev–Trinajstić information content (AvgIpc) is 2.84. The lowest BCUT2D eigenvalue weighted by Crippen LogP contribution is -2.42. The molecule has 2 heterocycles. The zero-order valence-electron chi connectivity index (χ0n) is 11.4. The van der Waals surface area contributed by atoms with Crippen molar-refractivity contribution >= 4 is 29.7 Å². The third-order valence-corrected chi connectivity index (χ3v) is 4.10. The SMILES string of the molecule is C[C@H]1C[C@@H](C(=O)NCc2nc(C(F)(F)F)cs2)CCN1.Cl. The second kappa shape index (κ2) is 7.42. The summed E-state index contributed by atoms with van der Waals surface area (Å²) in [5.41, 5.74) is -0.901. The number of hydrogen-bond donors (Lipinski definition) is 2. The average molecular weight is 344 g/mol. The molecule has 0 spiro atoms. The highest BCUT2D eigenvalue weighted by molar-refractivity contribution is 7.09. The number of halogens is 4. The summed E-state index contributed by atoms with van der Waals surface area (Å²) in [7, 11) is 0. The van der Waals surface area contributed by atoms with Crippen molar-refractivity contribution in [1.29, 1.82) is 0 Å². The molecular weight excluding hydrogens is 327 g/mol. The van der Waals surface area contributed by atoms with Crippen LogP contribution in [0.15, 0.2) is 5.38 Å². The van der Waals surface area contributed by atoms with Crippen LogP contribution in [0.4, 0.5) is 13.2 Å². The Balaban J connectivity index is 0.00000220. The number of nitrogens with zero attached hydrogens (tertiary/aromatic N) is 1. The Bertz CT molecular complexity index is 481. The van der Waals surface area contributed by atoms with E-state index in [0.29, 0.717) is 0 Å². The topological polar surface area (TPSA) is 54.0 Å². The fourth-order valence-corrected chi connectivity index (χ4v) is 2.94. The van der Waals surface area contributed by atoms with Gasteiger partial charge in [-0.3, -0.25) is 4.79 Å². The van der Waals surface area contributed by atoms with Crippen LogP contribution in [0, 0.1) is 5.92 Å². The van der Waals surface area contributed by atoms with Crippen LogP contribution in [0.2, 0.25) is 0 Å². The molecule has 1 aliphatic heterocycles. The molecule has 120 valence electrons. The number of aromatic nitrogens is 1. The highest BCUT2D eigenvalue weighted by Crippen LogP contribution is 2.30. The van der Waals surface area contributed by atoms with Crippen molar-refractivity contribution in [2.75, 3.05) is 6.54 Å². The van der Waals surface area contributed by atoms with E-state index in [9.17, 15) is 18.0 Å². The molecule has 0 radical (unpaired) electrons. The van der Waals surface area contributed by atoms with Gasteiger partial charge in [0, 0.05) is 17.3 Å². The van der Waals surface area contributed by atoms with Gasteiger partial charge in [0.15, 0.2) is 5.69 Å². The third-order valence-electron chi connectivity index (χ3n) is 3.25. The number of carbonyl (C=O) groups is 1. The van der Waals surface area contributed by atoms with Gasteiger partial charge in [-0.1, -0.05) is 0 Å². The van der Waals surface area contributed by atoms with Gasteiger partial charge in [0.2, 0.25) is 5.91 Å². The van der Waals surface area contributed by atoms with Crippen LogP contribution in [-0.2, 0) is 17.5 Å². The summed E-state index contributed by atoms with van der Waals surface area (Å²) >= 11 is 0.907. The molecule has 4 nitrogen and oxygen atoms in total. The Labute approximate surface area is 130 Å². The van der Waals surface area contributed by atoms with E-state index < -0.39 is 11.9 Å². The Morgan fingerprint density at radius 2 is 2.29 bits per heavy atom. The molecule has 2 rings (SSSR count). The second-order valence-corrected chi connectivity index (χ2v) is 5.86. The van der Waals surface area contributed by atoms with Crippen molar-refractivity contribution in [3.8, 4) is 0 Å². The highest BCUT2D eigenvalue weighted by atomic mass is 35.5. The zero-order chi connectivity index (χ0) is 14.8. The maximum Gasteiger partial charge on any atom is 0.434 e. The molecule has 2 atom stereocenters. The van der Waals surface area contributed by atoms with E-state index in [1.165, 1.54) is 0 Å². The standard InChI is InChI=1S/C12H16F3N3OS.ClH/c1-7-4-8(2-3-16-7)11(19)17-5-10-18-9(6-20-10)12(13,14)15;/h6-8,16H,2-5H2,1H3,(H,17,19);1H/t7-,8-;/m0./s1. The van der Waals surface area contributed by atoms with Crippen LogP contribution in [-0.4, -0.2) is 23.5 Å². The van der Waals surface area contributed by atoms with Crippen molar-refractivity contribution in [1.82, 2.24) is 15.6 Å². The molecule has 1 aromatic heterocycles. The van der Waals surface area contributed by atoms with E-state index in [4.69, 9.17) is 0 Å². The molecule has 0 unspecified atom stereocenters. The van der Waals surface area contributed by atoms with Crippen molar-refractivity contribution in [3.63, 3.8) is 0 Å². The lowest BCUT2D eigenvalue weighted by molar-refractivity contribution is -0.140. The number of alkyl halides is 3. The maximum absolute atomic E-state index is 12.4. The first-order valence-corrected chi connectivity index (χ1v) is 7.27. The molecule has 0 saturated carbocycles. The van der Waals surface area contributed by atoms with Gasteiger partial charge in [0.25, 0.3) is 0 Å². The van der Waals surface area contributed by atoms with Crippen molar-refractivity contribution in [2.45, 2.75) is 38.5 Å². The number of hydrogen-bond acceptors (Lipinski definition) is 4. The number of thiazole rings is 1. The number of amides is 1. The van der Waals surface area contributed by atoms with Gasteiger partial charge in [-0.15, -0.1) is 23.7 Å². The van der Waals surface area contributed by atoms with Gasteiger partial charge in [0.1, 0.15) is 5.01 Å². The molecule has 1 saturated heterocycles. The van der Waals surface area contributed by atoms with Crippen LogP contribution in [0.25, 0.3) is 0 Å². The van der Waals surface area contributed by atoms with E-state index >= 15 is 0 Å². The predicted molar refractivity (Wildman–Crippen MR) is 76.4 cm³/mol. The molecule has 1 aliphatic rings. The Morgan fingerprint density at radius 1 is 1.57 bits per heavy atom. The number of piperidine rings is 1. The number of nitrogens with one attached hydrogen (secondary N) is 2. The fourth-order valence-electron chi connectivity index (χ4n) is 2.20. The zero-order valence-corrected chi connectivity index (χ0v) is 13.0. The first-order chi connectivity index (χ1) is 9.36. The lowest BCUT2D eigenvalue weighted by Gasteiger charge is -2.26. The third kappa shape index (κ3) is 5.12. The van der Waals surface area contributed by atoms with Gasteiger partial charge < -0.3 is 10.6 Å². The minimum atomic E-state index is -4.43. The first-order valence-electron chi connectivity index (χ1n) is 6.39. The molecule has 1 fully saturated rings. The first kappa shape index (κ1) is 18.2. The van der Waals surface area contributed by atoms with E-state index in [2.05, 4.69) is 15.6 Å². The van der Waals surface area contributed by atoms with Gasteiger partial charge in [-0.25, -0.2) is 4.98 Å². The highest BCUT2D eigenvalue weighted by Gasteiger charge is 2.33. The molecule has 9 heteroatoms. The maximum atomic E-state index is 12.4. The molecule has 1 aromatic rings. The predicted octanol–water partition coefficient (Wildman–Crippen LogP) is 2.59.